The number of carbonyl (C=O) groups excluding carboxylic acids is 1. The predicted octanol–water partition coefficient (Wildman–Crippen LogP) is 4.84. The quantitative estimate of drug-likeness (QED) is 0.843. The Balaban J connectivity index is 1.59. The van der Waals surface area contributed by atoms with Crippen LogP contribution in [0, 0.1) is 5.92 Å². The Bertz CT molecular complexity index is 706. The molecule has 0 saturated carbocycles. The van der Waals surface area contributed by atoms with Crippen LogP contribution in [0.15, 0.2) is 48.5 Å². The van der Waals surface area contributed by atoms with Crippen molar-refractivity contribution in [2.45, 2.75) is 19.4 Å². The van der Waals surface area contributed by atoms with Crippen molar-refractivity contribution in [3.05, 3.63) is 64.1 Å². The van der Waals surface area contributed by atoms with Crippen molar-refractivity contribution in [1.82, 2.24) is 4.90 Å². The Labute approximate surface area is 152 Å². The van der Waals surface area contributed by atoms with Crippen molar-refractivity contribution < 1.29 is 4.79 Å². The van der Waals surface area contributed by atoms with E-state index in [-0.39, 0.29) is 11.8 Å². The molecule has 1 saturated heterocycles. The third-order valence-corrected chi connectivity index (χ3v) is 5.05. The molecule has 1 aliphatic heterocycles. The van der Waals surface area contributed by atoms with E-state index in [4.69, 9.17) is 23.2 Å². The van der Waals surface area contributed by atoms with Crippen molar-refractivity contribution in [3.8, 4) is 0 Å². The van der Waals surface area contributed by atoms with Crippen molar-refractivity contribution >= 4 is 34.8 Å². The fourth-order valence-electron chi connectivity index (χ4n) is 3.08. The summed E-state index contributed by atoms with van der Waals surface area (Å²) in [6.07, 6.45) is 1.95. The van der Waals surface area contributed by atoms with Gasteiger partial charge in [0.2, 0.25) is 5.91 Å². The van der Waals surface area contributed by atoms with Crippen LogP contribution in [0.25, 0.3) is 0 Å². The number of piperidine rings is 1. The van der Waals surface area contributed by atoms with E-state index < -0.39 is 0 Å². The SMILES string of the molecule is O=C(Nc1ccccc1)C1CCCN(Cc2ccc(Cl)c(Cl)c2)C1. The molecule has 1 atom stereocenters. The number of likely N-dealkylation sites (tertiary alicyclic amines) is 1. The van der Waals surface area contributed by atoms with E-state index in [2.05, 4.69) is 10.2 Å². The molecule has 0 radical (unpaired) electrons. The van der Waals surface area contributed by atoms with E-state index in [0.29, 0.717) is 10.0 Å². The summed E-state index contributed by atoms with van der Waals surface area (Å²) in [7, 11) is 0. The van der Waals surface area contributed by atoms with Gasteiger partial charge in [0.15, 0.2) is 0 Å². The van der Waals surface area contributed by atoms with E-state index >= 15 is 0 Å². The Morgan fingerprint density at radius 3 is 2.67 bits per heavy atom. The van der Waals surface area contributed by atoms with Crippen LogP contribution in [0.5, 0.6) is 0 Å². The fraction of sp³-hybridized carbons (Fsp3) is 0.316. The number of para-hydroxylation sites is 1. The lowest BCUT2D eigenvalue weighted by Gasteiger charge is -2.32. The Hall–Kier alpha value is -1.55. The van der Waals surface area contributed by atoms with Gasteiger partial charge in [-0.15, -0.1) is 0 Å². The molecule has 5 heteroatoms. The molecule has 1 aliphatic rings. The second-order valence-electron chi connectivity index (χ2n) is 6.18. The van der Waals surface area contributed by atoms with Crippen LogP contribution < -0.4 is 5.32 Å². The first-order valence-electron chi connectivity index (χ1n) is 8.14. The molecular weight excluding hydrogens is 343 g/mol. The maximum atomic E-state index is 12.5. The molecule has 1 heterocycles. The normalized spacial score (nSPS) is 18.3. The van der Waals surface area contributed by atoms with E-state index in [0.717, 1.165) is 43.7 Å². The van der Waals surface area contributed by atoms with Crippen LogP contribution in [-0.4, -0.2) is 23.9 Å². The predicted molar refractivity (Wildman–Crippen MR) is 99.5 cm³/mol. The molecule has 0 spiro atoms. The van der Waals surface area contributed by atoms with Gasteiger partial charge in [0.1, 0.15) is 0 Å². The molecule has 3 rings (SSSR count). The highest BCUT2D eigenvalue weighted by Crippen LogP contribution is 2.25. The smallest absolute Gasteiger partial charge is 0.228 e. The molecule has 3 nitrogen and oxygen atoms in total. The third-order valence-electron chi connectivity index (χ3n) is 4.31. The summed E-state index contributed by atoms with van der Waals surface area (Å²) >= 11 is 12.1. The minimum absolute atomic E-state index is 0.0155. The maximum Gasteiger partial charge on any atom is 0.228 e. The van der Waals surface area contributed by atoms with Crippen LogP contribution in [0.3, 0.4) is 0 Å². The van der Waals surface area contributed by atoms with Crippen molar-refractivity contribution in [2.24, 2.45) is 5.92 Å². The Morgan fingerprint density at radius 1 is 1.12 bits per heavy atom. The highest BCUT2D eigenvalue weighted by molar-refractivity contribution is 6.42. The van der Waals surface area contributed by atoms with Gasteiger partial charge in [-0.1, -0.05) is 47.5 Å². The number of nitrogens with one attached hydrogen (secondary N) is 1. The van der Waals surface area contributed by atoms with Crippen molar-refractivity contribution in [3.63, 3.8) is 0 Å². The number of benzene rings is 2. The first kappa shape index (κ1) is 17.3. The summed E-state index contributed by atoms with van der Waals surface area (Å²) in [5, 5.41) is 4.15. The molecule has 1 fully saturated rings. The van der Waals surface area contributed by atoms with Crippen LogP contribution in [-0.2, 0) is 11.3 Å². The number of amides is 1. The van der Waals surface area contributed by atoms with E-state index in [1.54, 1.807) is 0 Å². The highest BCUT2D eigenvalue weighted by Gasteiger charge is 2.25. The Morgan fingerprint density at radius 2 is 1.92 bits per heavy atom. The summed E-state index contributed by atoms with van der Waals surface area (Å²) in [6.45, 7) is 2.54. The number of halogens is 2. The number of carbonyl (C=O) groups is 1. The van der Waals surface area contributed by atoms with Gasteiger partial charge in [-0.3, -0.25) is 9.69 Å². The highest BCUT2D eigenvalue weighted by atomic mass is 35.5. The number of rotatable bonds is 4. The zero-order valence-corrected chi connectivity index (χ0v) is 14.9. The molecule has 1 unspecified atom stereocenters. The lowest BCUT2D eigenvalue weighted by atomic mass is 9.96. The molecule has 24 heavy (non-hydrogen) atoms. The van der Waals surface area contributed by atoms with Gasteiger partial charge in [0, 0.05) is 18.8 Å². The number of hydrogen-bond acceptors (Lipinski definition) is 2. The largest absolute Gasteiger partial charge is 0.326 e. The second kappa shape index (κ2) is 8.02. The summed E-state index contributed by atoms with van der Waals surface area (Å²) in [4.78, 5) is 14.8. The molecule has 126 valence electrons. The molecular formula is C19H20Cl2N2O. The summed E-state index contributed by atoms with van der Waals surface area (Å²) in [5.74, 6) is 0.113. The lowest BCUT2D eigenvalue weighted by Crippen LogP contribution is -2.40. The number of anilines is 1. The van der Waals surface area contributed by atoms with Gasteiger partial charge in [-0.25, -0.2) is 0 Å². The van der Waals surface area contributed by atoms with E-state index in [1.165, 1.54) is 0 Å². The first-order valence-corrected chi connectivity index (χ1v) is 8.89. The second-order valence-corrected chi connectivity index (χ2v) is 6.99. The number of nitrogens with zero attached hydrogens (tertiary/aromatic N) is 1. The summed E-state index contributed by atoms with van der Waals surface area (Å²) in [5.41, 5.74) is 1.97. The molecule has 2 aromatic carbocycles. The zero-order chi connectivity index (χ0) is 16.9. The first-order chi connectivity index (χ1) is 11.6. The lowest BCUT2D eigenvalue weighted by molar-refractivity contribution is -0.121. The standard InChI is InChI=1S/C19H20Cl2N2O/c20-17-9-8-14(11-18(17)21)12-23-10-4-5-15(13-23)19(24)22-16-6-2-1-3-7-16/h1-3,6-9,11,15H,4-5,10,12-13H2,(H,22,24). The fourth-order valence-corrected chi connectivity index (χ4v) is 3.40. The van der Waals surface area contributed by atoms with Gasteiger partial charge in [0.05, 0.1) is 16.0 Å². The molecule has 1 amide bonds. The molecule has 0 aromatic heterocycles. The average molecular weight is 363 g/mol. The maximum absolute atomic E-state index is 12.5. The molecule has 0 aliphatic carbocycles. The average Bonchev–Trinajstić information content (AvgIpc) is 2.59. The molecule has 1 N–H and O–H groups in total. The van der Waals surface area contributed by atoms with Gasteiger partial charge in [0.25, 0.3) is 0 Å². The summed E-state index contributed by atoms with van der Waals surface area (Å²) < 4.78 is 0. The zero-order valence-electron chi connectivity index (χ0n) is 13.3. The van der Waals surface area contributed by atoms with E-state index in [1.807, 2.05) is 48.5 Å². The Kier molecular flexibility index (Phi) is 5.77. The van der Waals surface area contributed by atoms with Crippen molar-refractivity contribution in [2.75, 3.05) is 18.4 Å². The van der Waals surface area contributed by atoms with Crippen LogP contribution in [0.1, 0.15) is 18.4 Å². The monoisotopic (exact) mass is 362 g/mol. The third kappa shape index (κ3) is 4.50. The topological polar surface area (TPSA) is 32.3 Å². The van der Waals surface area contributed by atoms with Gasteiger partial charge < -0.3 is 5.32 Å². The minimum atomic E-state index is 0.0155. The van der Waals surface area contributed by atoms with Crippen LogP contribution in [0.4, 0.5) is 5.69 Å². The molecule has 2 aromatic rings. The number of hydrogen-bond donors (Lipinski definition) is 1. The van der Waals surface area contributed by atoms with Gasteiger partial charge in [-0.2, -0.15) is 0 Å². The minimum Gasteiger partial charge on any atom is -0.326 e. The summed E-state index contributed by atoms with van der Waals surface area (Å²) in [6, 6.07) is 15.3. The van der Waals surface area contributed by atoms with Gasteiger partial charge in [-0.05, 0) is 49.2 Å². The van der Waals surface area contributed by atoms with Crippen LogP contribution in [0.2, 0.25) is 10.0 Å². The molecule has 0 bridgehead atoms. The van der Waals surface area contributed by atoms with E-state index in [9.17, 15) is 4.79 Å². The van der Waals surface area contributed by atoms with Crippen molar-refractivity contribution in [1.29, 1.82) is 0 Å². The van der Waals surface area contributed by atoms with Crippen LogP contribution >= 0.6 is 23.2 Å². The van der Waals surface area contributed by atoms with Gasteiger partial charge >= 0.3 is 0 Å².